The van der Waals surface area contributed by atoms with E-state index in [1.807, 2.05) is 6.07 Å². The van der Waals surface area contributed by atoms with E-state index in [1.54, 1.807) is 12.1 Å². The maximum atomic E-state index is 13.2. The summed E-state index contributed by atoms with van der Waals surface area (Å²) in [5.41, 5.74) is 0.981. The Kier molecular flexibility index (Phi) is 6.73. The Balaban J connectivity index is 2.34. The number of rotatable bonds is 8. The van der Waals surface area contributed by atoms with Gasteiger partial charge in [0, 0.05) is 24.8 Å². The van der Waals surface area contributed by atoms with Crippen LogP contribution in [0.5, 0.6) is 0 Å². The first-order chi connectivity index (χ1) is 8.63. The molecule has 0 aliphatic carbocycles. The van der Waals surface area contributed by atoms with E-state index in [0.717, 1.165) is 38.2 Å². The summed E-state index contributed by atoms with van der Waals surface area (Å²) in [4.78, 5) is 2.22. The second-order valence-corrected chi connectivity index (χ2v) is 4.88. The highest BCUT2D eigenvalue weighted by Crippen LogP contribution is 2.15. The molecule has 18 heavy (non-hydrogen) atoms. The largest absolute Gasteiger partial charge is 0.372 e. The molecule has 0 amide bonds. The lowest BCUT2D eigenvalue weighted by atomic mass is 10.2. The molecule has 0 fully saturated rings. The summed E-state index contributed by atoms with van der Waals surface area (Å²) in [6, 6.07) is 7.39. The predicted molar refractivity (Wildman–Crippen MR) is 76.7 cm³/mol. The molecule has 0 atom stereocenters. The van der Waals surface area contributed by atoms with Gasteiger partial charge in [-0.3, -0.25) is 0 Å². The highest BCUT2D eigenvalue weighted by atomic mass is 19.1. The fraction of sp³-hybridized carbons (Fsp3) is 0.600. The molecule has 102 valence electrons. The van der Waals surface area contributed by atoms with Crippen molar-refractivity contribution in [1.82, 2.24) is 5.32 Å². The van der Waals surface area contributed by atoms with E-state index < -0.39 is 0 Å². The van der Waals surface area contributed by atoms with E-state index in [1.165, 1.54) is 6.07 Å². The molecule has 0 heterocycles. The van der Waals surface area contributed by atoms with Gasteiger partial charge in [-0.1, -0.05) is 19.9 Å². The van der Waals surface area contributed by atoms with Crippen LogP contribution in [-0.2, 0) is 0 Å². The van der Waals surface area contributed by atoms with Gasteiger partial charge >= 0.3 is 0 Å². The van der Waals surface area contributed by atoms with Crippen molar-refractivity contribution in [2.45, 2.75) is 39.7 Å². The Morgan fingerprint density at radius 3 is 2.67 bits per heavy atom. The molecule has 0 unspecified atom stereocenters. The van der Waals surface area contributed by atoms with Crippen LogP contribution in [0.3, 0.4) is 0 Å². The van der Waals surface area contributed by atoms with Crippen molar-refractivity contribution in [3.63, 3.8) is 0 Å². The van der Waals surface area contributed by atoms with Gasteiger partial charge in [-0.2, -0.15) is 0 Å². The first-order valence-corrected chi connectivity index (χ1v) is 6.87. The smallest absolute Gasteiger partial charge is 0.125 e. The minimum Gasteiger partial charge on any atom is -0.372 e. The molecule has 1 N–H and O–H groups in total. The van der Waals surface area contributed by atoms with Gasteiger partial charge in [0.2, 0.25) is 0 Å². The van der Waals surface area contributed by atoms with Gasteiger partial charge in [-0.25, -0.2) is 4.39 Å². The van der Waals surface area contributed by atoms with Gasteiger partial charge < -0.3 is 10.2 Å². The third-order valence-corrected chi connectivity index (χ3v) is 2.96. The van der Waals surface area contributed by atoms with Crippen LogP contribution in [0.2, 0.25) is 0 Å². The van der Waals surface area contributed by atoms with E-state index in [-0.39, 0.29) is 5.82 Å². The average molecular weight is 252 g/mol. The molecule has 1 aromatic carbocycles. The van der Waals surface area contributed by atoms with Crippen LogP contribution in [0, 0.1) is 5.82 Å². The van der Waals surface area contributed by atoms with E-state index in [4.69, 9.17) is 0 Å². The van der Waals surface area contributed by atoms with Crippen molar-refractivity contribution in [2.75, 3.05) is 24.5 Å². The van der Waals surface area contributed by atoms with Crippen LogP contribution >= 0.6 is 0 Å². The van der Waals surface area contributed by atoms with E-state index in [0.29, 0.717) is 6.04 Å². The zero-order valence-electron chi connectivity index (χ0n) is 11.7. The molecule has 0 saturated carbocycles. The van der Waals surface area contributed by atoms with E-state index in [9.17, 15) is 4.39 Å². The Hall–Kier alpha value is -1.09. The summed E-state index contributed by atoms with van der Waals surface area (Å²) in [6.45, 7) is 9.38. The third kappa shape index (κ3) is 5.50. The molecule has 1 rings (SSSR count). The summed E-state index contributed by atoms with van der Waals surface area (Å²) in [5.74, 6) is -0.160. The Labute approximate surface area is 110 Å². The van der Waals surface area contributed by atoms with Crippen LogP contribution < -0.4 is 10.2 Å². The summed E-state index contributed by atoms with van der Waals surface area (Å²) in [7, 11) is 0. The number of hydrogen-bond acceptors (Lipinski definition) is 2. The normalized spacial score (nSPS) is 10.9. The fourth-order valence-electron chi connectivity index (χ4n) is 1.96. The minimum atomic E-state index is -0.160. The van der Waals surface area contributed by atoms with Gasteiger partial charge in [0.05, 0.1) is 0 Å². The maximum absolute atomic E-state index is 13.2. The number of benzene rings is 1. The topological polar surface area (TPSA) is 15.3 Å². The lowest BCUT2D eigenvalue weighted by molar-refractivity contribution is 0.555. The molecular formula is C15H25FN2. The van der Waals surface area contributed by atoms with Gasteiger partial charge in [-0.05, 0) is 44.5 Å². The molecule has 2 nitrogen and oxygen atoms in total. The van der Waals surface area contributed by atoms with Crippen molar-refractivity contribution >= 4 is 5.69 Å². The van der Waals surface area contributed by atoms with Gasteiger partial charge in [-0.15, -0.1) is 0 Å². The Morgan fingerprint density at radius 2 is 2.06 bits per heavy atom. The standard InChI is InChI=1S/C15H25FN2/c1-4-18(11-6-5-10-17-13(2)3)15-9-7-8-14(16)12-15/h7-9,12-13,17H,4-6,10-11H2,1-3H3. The highest BCUT2D eigenvalue weighted by molar-refractivity contribution is 5.46. The second-order valence-electron chi connectivity index (χ2n) is 4.88. The number of nitrogens with zero attached hydrogens (tertiary/aromatic N) is 1. The number of hydrogen-bond donors (Lipinski definition) is 1. The first-order valence-electron chi connectivity index (χ1n) is 6.87. The SMILES string of the molecule is CCN(CCCCNC(C)C)c1cccc(F)c1. The Bertz CT molecular complexity index is 339. The minimum absolute atomic E-state index is 0.160. The number of halogens is 1. The summed E-state index contributed by atoms with van der Waals surface area (Å²) in [6.07, 6.45) is 2.29. The van der Waals surface area contributed by atoms with Crippen molar-refractivity contribution in [2.24, 2.45) is 0 Å². The summed E-state index contributed by atoms with van der Waals surface area (Å²) >= 11 is 0. The molecule has 0 saturated heterocycles. The monoisotopic (exact) mass is 252 g/mol. The van der Waals surface area contributed by atoms with Gasteiger partial charge in [0.1, 0.15) is 5.82 Å². The molecular weight excluding hydrogens is 227 g/mol. The molecule has 0 aliphatic heterocycles. The summed E-state index contributed by atoms with van der Waals surface area (Å²) < 4.78 is 13.2. The quantitative estimate of drug-likeness (QED) is 0.713. The number of unbranched alkanes of at least 4 members (excludes halogenated alkanes) is 1. The molecule has 3 heteroatoms. The number of nitrogens with one attached hydrogen (secondary N) is 1. The van der Waals surface area contributed by atoms with Crippen molar-refractivity contribution in [3.05, 3.63) is 30.1 Å². The van der Waals surface area contributed by atoms with Crippen LogP contribution in [0.1, 0.15) is 33.6 Å². The lowest BCUT2D eigenvalue weighted by Crippen LogP contribution is -2.27. The van der Waals surface area contributed by atoms with E-state index in [2.05, 4.69) is 31.0 Å². The zero-order valence-corrected chi connectivity index (χ0v) is 11.7. The summed E-state index contributed by atoms with van der Waals surface area (Å²) in [5, 5.41) is 3.41. The Morgan fingerprint density at radius 1 is 1.28 bits per heavy atom. The zero-order chi connectivity index (χ0) is 13.4. The molecule has 0 radical (unpaired) electrons. The predicted octanol–water partition coefficient (Wildman–Crippen LogP) is 3.43. The second kappa shape index (κ2) is 8.09. The van der Waals surface area contributed by atoms with Gasteiger partial charge in [0.15, 0.2) is 0 Å². The molecule has 1 aromatic rings. The molecule has 0 bridgehead atoms. The molecule has 0 aromatic heterocycles. The fourth-order valence-corrected chi connectivity index (χ4v) is 1.96. The van der Waals surface area contributed by atoms with Crippen molar-refractivity contribution in [3.8, 4) is 0 Å². The molecule has 0 aliphatic rings. The van der Waals surface area contributed by atoms with Crippen LogP contribution in [-0.4, -0.2) is 25.7 Å². The van der Waals surface area contributed by atoms with Crippen LogP contribution in [0.15, 0.2) is 24.3 Å². The van der Waals surface area contributed by atoms with Gasteiger partial charge in [0.25, 0.3) is 0 Å². The van der Waals surface area contributed by atoms with Crippen molar-refractivity contribution in [1.29, 1.82) is 0 Å². The highest BCUT2D eigenvalue weighted by Gasteiger charge is 2.04. The third-order valence-electron chi connectivity index (χ3n) is 2.96. The van der Waals surface area contributed by atoms with Crippen molar-refractivity contribution < 1.29 is 4.39 Å². The molecule has 0 spiro atoms. The first kappa shape index (κ1) is 15.0. The maximum Gasteiger partial charge on any atom is 0.125 e. The lowest BCUT2D eigenvalue weighted by Gasteiger charge is -2.23. The average Bonchev–Trinajstić information content (AvgIpc) is 2.33. The number of anilines is 1. The van der Waals surface area contributed by atoms with Crippen LogP contribution in [0.4, 0.5) is 10.1 Å². The van der Waals surface area contributed by atoms with E-state index >= 15 is 0 Å². The van der Waals surface area contributed by atoms with Crippen LogP contribution in [0.25, 0.3) is 0 Å².